The molecule has 0 saturated heterocycles. The SMILES string of the molecule is CCOc1ccccc1C(=O)CNCCCN(C)C. The summed E-state index contributed by atoms with van der Waals surface area (Å²) in [5.41, 5.74) is 0.657. The second-order valence-corrected chi connectivity index (χ2v) is 4.69. The minimum absolute atomic E-state index is 0.0777. The third-order valence-electron chi connectivity index (χ3n) is 2.73. The molecule has 0 aliphatic heterocycles. The smallest absolute Gasteiger partial charge is 0.180 e. The minimum atomic E-state index is 0.0777. The maximum absolute atomic E-state index is 12.1. The highest BCUT2D eigenvalue weighted by molar-refractivity contribution is 6.00. The number of rotatable bonds is 9. The molecule has 0 unspecified atom stereocenters. The highest BCUT2D eigenvalue weighted by Gasteiger charge is 2.10. The van der Waals surface area contributed by atoms with E-state index in [0.29, 0.717) is 24.5 Å². The van der Waals surface area contributed by atoms with Gasteiger partial charge >= 0.3 is 0 Å². The standard InChI is InChI=1S/C15H24N2O2/c1-4-19-15-9-6-5-8-13(15)14(18)12-16-10-7-11-17(2)3/h5-6,8-9,16H,4,7,10-12H2,1-3H3. The van der Waals surface area contributed by atoms with Crippen LogP contribution in [-0.2, 0) is 0 Å². The molecule has 0 aliphatic rings. The van der Waals surface area contributed by atoms with Crippen LogP contribution in [0.3, 0.4) is 0 Å². The molecule has 4 nitrogen and oxygen atoms in total. The Morgan fingerprint density at radius 2 is 2.05 bits per heavy atom. The molecule has 0 heterocycles. The van der Waals surface area contributed by atoms with Crippen LogP contribution in [0.2, 0.25) is 0 Å². The van der Waals surface area contributed by atoms with Crippen LogP contribution in [0.1, 0.15) is 23.7 Å². The minimum Gasteiger partial charge on any atom is -0.493 e. The van der Waals surface area contributed by atoms with E-state index >= 15 is 0 Å². The summed E-state index contributed by atoms with van der Waals surface area (Å²) in [6.07, 6.45) is 1.04. The van der Waals surface area contributed by atoms with Crippen molar-refractivity contribution in [3.63, 3.8) is 0 Å². The van der Waals surface area contributed by atoms with Crippen molar-refractivity contribution in [3.05, 3.63) is 29.8 Å². The van der Waals surface area contributed by atoms with Crippen molar-refractivity contribution in [3.8, 4) is 5.75 Å². The number of benzene rings is 1. The zero-order valence-corrected chi connectivity index (χ0v) is 12.1. The molecule has 0 bridgehead atoms. The van der Waals surface area contributed by atoms with Gasteiger partial charge in [0.25, 0.3) is 0 Å². The van der Waals surface area contributed by atoms with Crippen LogP contribution in [0, 0.1) is 0 Å². The second kappa shape index (κ2) is 8.67. The van der Waals surface area contributed by atoms with Crippen molar-refractivity contribution in [1.29, 1.82) is 0 Å². The Kier molecular flexibility index (Phi) is 7.15. The van der Waals surface area contributed by atoms with E-state index in [2.05, 4.69) is 10.2 Å². The van der Waals surface area contributed by atoms with Gasteiger partial charge in [0.1, 0.15) is 5.75 Å². The monoisotopic (exact) mass is 264 g/mol. The Morgan fingerprint density at radius 3 is 2.74 bits per heavy atom. The Balaban J connectivity index is 2.41. The van der Waals surface area contributed by atoms with Crippen molar-refractivity contribution in [1.82, 2.24) is 10.2 Å². The normalized spacial score (nSPS) is 10.7. The molecule has 1 N–H and O–H groups in total. The molecule has 0 aliphatic carbocycles. The molecular weight excluding hydrogens is 240 g/mol. The van der Waals surface area contributed by atoms with Gasteiger partial charge in [0.05, 0.1) is 18.7 Å². The molecule has 0 spiro atoms. The van der Waals surface area contributed by atoms with Gasteiger partial charge in [0, 0.05) is 0 Å². The number of hydrogen-bond acceptors (Lipinski definition) is 4. The fourth-order valence-corrected chi connectivity index (χ4v) is 1.80. The van der Waals surface area contributed by atoms with Crippen LogP contribution >= 0.6 is 0 Å². The zero-order valence-electron chi connectivity index (χ0n) is 12.1. The average molecular weight is 264 g/mol. The van der Waals surface area contributed by atoms with E-state index < -0.39 is 0 Å². The first-order valence-corrected chi connectivity index (χ1v) is 6.75. The van der Waals surface area contributed by atoms with Gasteiger partial charge in [-0.15, -0.1) is 0 Å². The topological polar surface area (TPSA) is 41.6 Å². The van der Waals surface area contributed by atoms with E-state index in [1.807, 2.05) is 45.3 Å². The zero-order chi connectivity index (χ0) is 14.1. The molecule has 0 aromatic heterocycles. The molecule has 0 atom stereocenters. The van der Waals surface area contributed by atoms with Gasteiger partial charge in [-0.2, -0.15) is 0 Å². The van der Waals surface area contributed by atoms with Crippen LogP contribution in [0.25, 0.3) is 0 Å². The summed E-state index contributed by atoms with van der Waals surface area (Å²) in [5, 5.41) is 3.18. The summed E-state index contributed by atoms with van der Waals surface area (Å²) in [5.74, 6) is 0.749. The number of carbonyl (C=O) groups excluding carboxylic acids is 1. The maximum atomic E-state index is 12.1. The summed E-state index contributed by atoms with van der Waals surface area (Å²) in [7, 11) is 4.09. The first-order valence-electron chi connectivity index (χ1n) is 6.75. The molecule has 106 valence electrons. The summed E-state index contributed by atoms with van der Waals surface area (Å²) in [6.45, 7) is 4.72. The number of Topliss-reactive ketones (excluding diaryl/α,β-unsaturated/α-hetero) is 1. The van der Waals surface area contributed by atoms with Crippen molar-refractivity contribution < 1.29 is 9.53 Å². The Bertz CT molecular complexity index is 391. The third kappa shape index (κ3) is 5.85. The molecule has 4 heteroatoms. The fraction of sp³-hybridized carbons (Fsp3) is 0.533. The Morgan fingerprint density at radius 1 is 1.32 bits per heavy atom. The van der Waals surface area contributed by atoms with Crippen molar-refractivity contribution in [2.45, 2.75) is 13.3 Å². The van der Waals surface area contributed by atoms with Crippen LogP contribution in [0.15, 0.2) is 24.3 Å². The number of nitrogens with zero attached hydrogens (tertiary/aromatic N) is 1. The molecule has 1 aromatic carbocycles. The molecular formula is C15H24N2O2. The van der Waals surface area contributed by atoms with E-state index in [4.69, 9.17) is 4.74 Å². The summed E-state index contributed by atoms with van der Waals surface area (Å²) in [4.78, 5) is 14.2. The van der Waals surface area contributed by atoms with Crippen LogP contribution < -0.4 is 10.1 Å². The first kappa shape index (κ1) is 15.7. The lowest BCUT2D eigenvalue weighted by molar-refractivity contribution is 0.0987. The lowest BCUT2D eigenvalue weighted by Crippen LogP contribution is -2.26. The van der Waals surface area contributed by atoms with E-state index in [0.717, 1.165) is 19.5 Å². The summed E-state index contributed by atoms with van der Waals surface area (Å²) >= 11 is 0. The summed E-state index contributed by atoms with van der Waals surface area (Å²) < 4.78 is 5.46. The predicted octanol–water partition coefficient (Wildman–Crippen LogP) is 1.81. The lowest BCUT2D eigenvalue weighted by Gasteiger charge is -2.11. The van der Waals surface area contributed by atoms with Gasteiger partial charge in [-0.3, -0.25) is 4.79 Å². The number of carbonyl (C=O) groups is 1. The lowest BCUT2D eigenvalue weighted by atomic mass is 10.1. The van der Waals surface area contributed by atoms with Crippen LogP contribution in [-0.4, -0.2) is 51.0 Å². The number of para-hydroxylation sites is 1. The second-order valence-electron chi connectivity index (χ2n) is 4.69. The maximum Gasteiger partial charge on any atom is 0.180 e. The van der Waals surface area contributed by atoms with Gasteiger partial charge < -0.3 is 15.0 Å². The number of nitrogens with one attached hydrogen (secondary N) is 1. The molecule has 19 heavy (non-hydrogen) atoms. The van der Waals surface area contributed by atoms with E-state index in [-0.39, 0.29) is 5.78 Å². The van der Waals surface area contributed by atoms with E-state index in [1.165, 1.54) is 0 Å². The predicted molar refractivity (Wildman–Crippen MR) is 78.0 cm³/mol. The van der Waals surface area contributed by atoms with Crippen LogP contribution in [0.4, 0.5) is 0 Å². The van der Waals surface area contributed by atoms with Crippen LogP contribution in [0.5, 0.6) is 5.75 Å². The molecule has 1 aromatic rings. The van der Waals surface area contributed by atoms with Crippen molar-refractivity contribution in [2.75, 3.05) is 40.3 Å². The highest BCUT2D eigenvalue weighted by atomic mass is 16.5. The average Bonchev–Trinajstić information content (AvgIpc) is 2.39. The summed E-state index contributed by atoms with van der Waals surface area (Å²) in [6, 6.07) is 7.39. The molecule has 0 fully saturated rings. The van der Waals surface area contributed by atoms with Gasteiger partial charge in [-0.05, 0) is 52.7 Å². The molecule has 0 saturated carbocycles. The number of hydrogen-bond donors (Lipinski definition) is 1. The Labute approximate surface area is 115 Å². The Hall–Kier alpha value is -1.39. The fourth-order valence-electron chi connectivity index (χ4n) is 1.80. The van der Waals surface area contributed by atoms with E-state index in [1.54, 1.807) is 0 Å². The number of ether oxygens (including phenoxy) is 1. The van der Waals surface area contributed by atoms with Gasteiger partial charge in [-0.25, -0.2) is 0 Å². The molecule has 0 radical (unpaired) electrons. The largest absolute Gasteiger partial charge is 0.493 e. The first-order chi connectivity index (χ1) is 9.15. The molecule has 0 amide bonds. The molecule has 1 rings (SSSR count). The van der Waals surface area contributed by atoms with Gasteiger partial charge in [0.15, 0.2) is 5.78 Å². The van der Waals surface area contributed by atoms with Gasteiger partial charge in [0.2, 0.25) is 0 Å². The quantitative estimate of drug-likeness (QED) is 0.545. The third-order valence-corrected chi connectivity index (χ3v) is 2.73. The highest BCUT2D eigenvalue weighted by Crippen LogP contribution is 2.18. The van der Waals surface area contributed by atoms with Crippen molar-refractivity contribution >= 4 is 5.78 Å². The van der Waals surface area contributed by atoms with Crippen molar-refractivity contribution in [2.24, 2.45) is 0 Å². The number of ketones is 1. The van der Waals surface area contributed by atoms with E-state index in [9.17, 15) is 4.79 Å². The van der Waals surface area contributed by atoms with Gasteiger partial charge in [-0.1, -0.05) is 12.1 Å².